The first-order chi connectivity index (χ1) is 11.3. The van der Waals surface area contributed by atoms with Crippen molar-refractivity contribution in [3.63, 3.8) is 0 Å². The first-order valence-electron chi connectivity index (χ1n) is 7.62. The minimum Gasteiger partial charge on any atom is -0.340 e. The lowest BCUT2D eigenvalue weighted by atomic mass is 9.99. The number of imidazole rings is 1. The zero-order valence-corrected chi connectivity index (χ0v) is 13.4. The van der Waals surface area contributed by atoms with Gasteiger partial charge in [-0.2, -0.15) is 18.3 Å². The summed E-state index contributed by atoms with van der Waals surface area (Å²) in [5.74, 6) is 0.400. The second kappa shape index (κ2) is 5.95. The molecule has 0 aliphatic carbocycles. The highest BCUT2D eigenvalue weighted by Crippen LogP contribution is 2.30. The molecule has 9 heteroatoms. The van der Waals surface area contributed by atoms with Crippen LogP contribution in [-0.4, -0.2) is 43.7 Å². The van der Waals surface area contributed by atoms with E-state index < -0.39 is 11.9 Å². The van der Waals surface area contributed by atoms with Gasteiger partial charge in [-0.3, -0.25) is 9.48 Å². The standard InChI is InChI=1S/C15H18F3N5O/c1-21(14(24)11-5-6-19-22(11)2)7-10-3-4-13-20-12(15(16,17)18)9-23(13)8-10/h5-6,9-10H,3-4,7-8H2,1-2H3/t10-/m1/s1. The van der Waals surface area contributed by atoms with Crippen molar-refractivity contribution < 1.29 is 18.0 Å². The van der Waals surface area contributed by atoms with Crippen LogP contribution >= 0.6 is 0 Å². The Balaban J connectivity index is 1.66. The Labute approximate surface area is 136 Å². The highest BCUT2D eigenvalue weighted by Gasteiger charge is 2.36. The van der Waals surface area contributed by atoms with Crippen LogP contribution in [0.5, 0.6) is 0 Å². The Bertz CT molecular complexity index is 749. The molecule has 0 bridgehead atoms. The average molecular weight is 341 g/mol. The summed E-state index contributed by atoms with van der Waals surface area (Å²) in [6, 6.07) is 1.64. The van der Waals surface area contributed by atoms with Gasteiger partial charge in [0.1, 0.15) is 11.5 Å². The molecular formula is C15H18F3N5O. The fraction of sp³-hybridized carbons (Fsp3) is 0.533. The molecule has 6 nitrogen and oxygen atoms in total. The second-order valence-electron chi connectivity index (χ2n) is 6.12. The summed E-state index contributed by atoms with van der Waals surface area (Å²) >= 11 is 0. The monoisotopic (exact) mass is 341 g/mol. The molecule has 1 amide bonds. The number of aryl methyl sites for hydroxylation is 2. The summed E-state index contributed by atoms with van der Waals surface area (Å²) in [6.45, 7) is 0.907. The Morgan fingerprint density at radius 2 is 2.21 bits per heavy atom. The van der Waals surface area contributed by atoms with Crippen LogP contribution in [0.15, 0.2) is 18.5 Å². The van der Waals surface area contributed by atoms with Crippen LogP contribution < -0.4 is 0 Å². The SMILES string of the molecule is CN(C[C@H]1CCc2nc(C(F)(F)F)cn2C1)C(=O)c1ccnn1C. The van der Waals surface area contributed by atoms with E-state index in [2.05, 4.69) is 10.1 Å². The number of nitrogens with zero attached hydrogens (tertiary/aromatic N) is 5. The highest BCUT2D eigenvalue weighted by molar-refractivity contribution is 5.92. The normalized spacial score (nSPS) is 17.6. The fourth-order valence-electron chi connectivity index (χ4n) is 3.05. The van der Waals surface area contributed by atoms with E-state index in [1.807, 2.05) is 0 Å². The van der Waals surface area contributed by atoms with Crippen molar-refractivity contribution in [1.29, 1.82) is 0 Å². The van der Waals surface area contributed by atoms with Gasteiger partial charge in [-0.25, -0.2) is 4.98 Å². The van der Waals surface area contributed by atoms with Gasteiger partial charge in [0.05, 0.1) is 0 Å². The van der Waals surface area contributed by atoms with E-state index in [1.54, 1.807) is 35.8 Å². The Morgan fingerprint density at radius 3 is 2.83 bits per heavy atom. The maximum Gasteiger partial charge on any atom is 0.434 e. The van der Waals surface area contributed by atoms with E-state index in [0.29, 0.717) is 37.4 Å². The Kier molecular flexibility index (Phi) is 4.10. The third kappa shape index (κ3) is 3.15. The molecule has 2 aromatic heterocycles. The number of amides is 1. The molecule has 1 aliphatic rings. The molecule has 0 spiro atoms. The van der Waals surface area contributed by atoms with Crippen LogP contribution in [0.4, 0.5) is 13.2 Å². The average Bonchev–Trinajstić information content (AvgIpc) is 3.11. The third-order valence-electron chi connectivity index (χ3n) is 4.30. The van der Waals surface area contributed by atoms with Crippen LogP contribution in [-0.2, 0) is 26.2 Å². The summed E-state index contributed by atoms with van der Waals surface area (Å²) in [5, 5.41) is 3.97. The van der Waals surface area contributed by atoms with E-state index in [4.69, 9.17) is 0 Å². The molecule has 24 heavy (non-hydrogen) atoms. The van der Waals surface area contributed by atoms with Crippen molar-refractivity contribution in [3.8, 4) is 0 Å². The lowest BCUT2D eigenvalue weighted by Gasteiger charge is -2.28. The molecule has 3 heterocycles. The smallest absolute Gasteiger partial charge is 0.340 e. The van der Waals surface area contributed by atoms with E-state index in [0.717, 1.165) is 6.20 Å². The fourth-order valence-corrected chi connectivity index (χ4v) is 3.05. The molecule has 0 radical (unpaired) electrons. The lowest BCUT2D eigenvalue weighted by Crippen LogP contribution is -2.36. The minimum atomic E-state index is -4.42. The second-order valence-corrected chi connectivity index (χ2v) is 6.12. The minimum absolute atomic E-state index is 0.0926. The topological polar surface area (TPSA) is 56.0 Å². The number of carbonyl (C=O) groups is 1. The summed E-state index contributed by atoms with van der Waals surface area (Å²) < 4.78 is 41.3. The summed E-state index contributed by atoms with van der Waals surface area (Å²) in [4.78, 5) is 17.6. The van der Waals surface area contributed by atoms with Gasteiger partial charge < -0.3 is 9.47 Å². The van der Waals surface area contributed by atoms with Crippen molar-refractivity contribution in [1.82, 2.24) is 24.2 Å². The summed E-state index contributed by atoms with van der Waals surface area (Å²) in [5.41, 5.74) is -0.367. The molecule has 0 aromatic carbocycles. The zero-order valence-electron chi connectivity index (χ0n) is 13.4. The van der Waals surface area contributed by atoms with Crippen molar-refractivity contribution in [2.75, 3.05) is 13.6 Å². The molecule has 2 aromatic rings. The molecule has 1 atom stereocenters. The number of hydrogen-bond acceptors (Lipinski definition) is 3. The quantitative estimate of drug-likeness (QED) is 0.858. The first-order valence-corrected chi connectivity index (χ1v) is 7.62. The number of hydrogen-bond donors (Lipinski definition) is 0. The van der Waals surface area contributed by atoms with Crippen LogP contribution in [0.3, 0.4) is 0 Å². The number of carbonyl (C=O) groups excluding carboxylic acids is 1. The number of fused-ring (bicyclic) bond motifs is 1. The Morgan fingerprint density at radius 1 is 1.46 bits per heavy atom. The van der Waals surface area contributed by atoms with Crippen molar-refractivity contribution in [2.45, 2.75) is 25.6 Å². The van der Waals surface area contributed by atoms with Crippen LogP contribution in [0.1, 0.15) is 28.4 Å². The molecule has 1 aliphatic heterocycles. The predicted molar refractivity (Wildman–Crippen MR) is 79.2 cm³/mol. The molecule has 0 unspecified atom stereocenters. The maximum absolute atomic E-state index is 12.7. The van der Waals surface area contributed by atoms with Gasteiger partial charge in [-0.1, -0.05) is 0 Å². The number of aromatic nitrogens is 4. The molecule has 0 fully saturated rings. The molecule has 0 saturated heterocycles. The summed E-state index contributed by atoms with van der Waals surface area (Å²) in [7, 11) is 3.39. The van der Waals surface area contributed by atoms with Gasteiger partial charge in [0.2, 0.25) is 0 Å². The lowest BCUT2D eigenvalue weighted by molar-refractivity contribution is -0.141. The molecular weight excluding hydrogens is 323 g/mol. The van der Waals surface area contributed by atoms with Crippen LogP contribution in [0.25, 0.3) is 0 Å². The largest absolute Gasteiger partial charge is 0.434 e. The maximum atomic E-state index is 12.7. The predicted octanol–water partition coefficient (Wildman–Crippen LogP) is 1.97. The number of halogens is 3. The van der Waals surface area contributed by atoms with Gasteiger partial charge in [0.25, 0.3) is 5.91 Å². The van der Waals surface area contributed by atoms with Gasteiger partial charge in [0, 0.05) is 46.0 Å². The van der Waals surface area contributed by atoms with E-state index in [9.17, 15) is 18.0 Å². The number of alkyl halides is 3. The zero-order chi connectivity index (χ0) is 17.5. The van der Waals surface area contributed by atoms with E-state index in [-0.39, 0.29) is 11.8 Å². The van der Waals surface area contributed by atoms with E-state index >= 15 is 0 Å². The third-order valence-corrected chi connectivity index (χ3v) is 4.30. The van der Waals surface area contributed by atoms with E-state index in [1.165, 1.54) is 4.68 Å². The molecule has 0 N–H and O–H groups in total. The van der Waals surface area contributed by atoms with Crippen molar-refractivity contribution in [2.24, 2.45) is 13.0 Å². The molecule has 3 rings (SSSR count). The molecule has 0 saturated carbocycles. The first kappa shape index (κ1) is 16.5. The van der Waals surface area contributed by atoms with Crippen LogP contribution in [0.2, 0.25) is 0 Å². The van der Waals surface area contributed by atoms with Crippen LogP contribution in [0, 0.1) is 5.92 Å². The van der Waals surface area contributed by atoms with Gasteiger partial charge in [0.15, 0.2) is 5.69 Å². The Hall–Kier alpha value is -2.32. The van der Waals surface area contributed by atoms with Crippen molar-refractivity contribution in [3.05, 3.63) is 35.7 Å². The number of rotatable bonds is 3. The summed E-state index contributed by atoms with van der Waals surface area (Å²) in [6.07, 6.45) is -0.625. The van der Waals surface area contributed by atoms with Gasteiger partial charge in [-0.05, 0) is 18.4 Å². The molecule has 130 valence electrons. The highest BCUT2D eigenvalue weighted by atomic mass is 19.4. The van der Waals surface area contributed by atoms with Crippen molar-refractivity contribution >= 4 is 5.91 Å². The van der Waals surface area contributed by atoms with Gasteiger partial charge >= 0.3 is 6.18 Å². The van der Waals surface area contributed by atoms with Gasteiger partial charge in [-0.15, -0.1) is 0 Å².